The Labute approximate surface area is 205 Å². The summed E-state index contributed by atoms with van der Waals surface area (Å²) in [5.41, 5.74) is 2.55. The van der Waals surface area contributed by atoms with Crippen molar-refractivity contribution in [2.24, 2.45) is 0 Å². The van der Waals surface area contributed by atoms with Crippen LogP contribution < -0.4 is 5.32 Å². The van der Waals surface area contributed by atoms with Gasteiger partial charge in [-0.2, -0.15) is 4.31 Å². The second-order valence-electron chi connectivity index (χ2n) is 9.13. The van der Waals surface area contributed by atoms with Crippen LogP contribution in [0.15, 0.2) is 57.8 Å². The van der Waals surface area contributed by atoms with E-state index in [0.29, 0.717) is 18.2 Å². The molecule has 1 N–H and O–H groups in total. The number of anilines is 1. The molecule has 9 nitrogen and oxygen atoms in total. The van der Waals surface area contributed by atoms with Crippen molar-refractivity contribution in [1.29, 1.82) is 0 Å². The van der Waals surface area contributed by atoms with Gasteiger partial charge in [-0.25, -0.2) is 8.42 Å². The number of aromatic nitrogens is 2. The van der Waals surface area contributed by atoms with Crippen molar-refractivity contribution in [3.8, 4) is 0 Å². The normalized spacial score (nSPS) is 19.1. The summed E-state index contributed by atoms with van der Waals surface area (Å²) in [6, 6.07) is 13.9. The summed E-state index contributed by atoms with van der Waals surface area (Å²) in [6.45, 7) is 8.54. The molecule has 1 amide bonds. The van der Waals surface area contributed by atoms with Crippen LogP contribution in [0.5, 0.6) is 0 Å². The lowest BCUT2D eigenvalue weighted by atomic mass is 10.0. The zero-order valence-electron chi connectivity index (χ0n) is 20.3. The van der Waals surface area contributed by atoms with Gasteiger partial charge in [-0.1, -0.05) is 43.2 Å². The highest BCUT2D eigenvalue weighted by Crippen LogP contribution is 2.22. The Hall–Kier alpha value is -3.08. The van der Waals surface area contributed by atoms with Crippen LogP contribution in [0.25, 0.3) is 0 Å². The van der Waals surface area contributed by atoms with E-state index in [1.165, 1.54) is 34.1 Å². The third-order valence-electron chi connectivity index (χ3n) is 5.83. The highest BCUT2D eigenvalue weighted by Gasteiger charge is 2.32. The molecule has 10 heteroatoms. The average Bonchev–Trinajstić information content (AvgIpc) is 3.25. The van der Waals surface area contributed by atoms with Gasteiger partial charge in [-0.15, -0.1) is 5.10 Å². The van der Waals surface area contributed by atoms with Crippen LogP contribution in [0.2, 0.25) is 0 Å². The predicted molar refractivity (Wildman–Crippen MR) is 131 cm³/mol. The molecular formula is C25H30N4O5S. The van der Waals surface area contributed by atoms with Crippen LogP contribution in [-0.4, -0.2) is 54.1 Å². The van der Waals surface area contributed by atoms with Gasteiger partial charge >= 0.3 is 6.01 Å². The van der Waals surface area contributed by atoms with Gasteiger partial charge in [0.1, 0.15) is 0 Å². The molecule has 0 radical (unpaired) electrons. The van der Waals surface area contributed by atoms with E-state index in [1.807, 2.05) is 26.0 Å². The predicted octanol–water partition coefficient (Wildman–Crippen LogP) is 3.83. The molecular weight excluding hydrogens is 468 g/mol. The maximum atomic E-state index is 13.0. The first-order valence-electron chi connectivity index (χ1n) is 11.6. The Kier molecular flexibility index (Phi) is 7.34. The van der Waals surface area contributed by atoms with Crippen LogP contribution in [0.3, 0.4) is 0 Å². The zero-order chi connectivity index (χ0) is 25.2. The smallest absolute Gasteiger partial charge is 0.322 e. The number of sulfonamides is 1. The van der Waals surface area contributed by atoms with Crippen molar-refractivity contribution < 1.29 is 22.4 Å². The Morgan fingerprint density at radius 1 is 1.03 bits per heavy atom. The minimum absolute atomic E-state index is 0.0169. The molecule has 3 aromatic rings. The highest BCUT2D eigenvalue weighted by atomic mass is 32.2. The minimum Gasteiger partial charge on any atom is -0.407 e. The first kappa shape index (κ1) is 25.0. The van der Waals surface area contributed by atoms with E-state index in [2.05, 4.69) is 41.5 Å². The summed E-state index contributed by atoms with van der Waals surface area (Å²) >= 11 is 0. The van der Waals surface area contributed by atoms with Crippen LogP contribution in [-0.2, 0) is 21.2 Å². The van der Waals surface area contributed by atoms with Gasteiger partial charge in [0.15, 0.2) is 0 Å². The van der Waals surface area contributed by atoms with E-state index in [1.54, 1.807) is 0 Å². The van der Waals surface area contributed by atoms with Crippen LogP contribution in [0, 0.1) is 0 Å². The number of hydrogen-bond donors (Lipinski definition) is 1. The molecule has 0 bridgehead atoms. The molecule has 1 aliphatic heterocycles. The third-order valence-corrected chi connectivity index (χ3v) is 7.68. The lowest BCUT2D eigenvalue weighted by Gasteiger charge is -2.34. The minimum atomic E-state index is -3.68. The molecule has 186 valence electrons. The fourth-order valence-corrected chi connectivity index (χ4v) is 5.58. The van der Waals surface area contributed by atoms with Crippen LogP contribution in [0.4, 0.5) is 6.01 Å². The Bertz CT molecular complexity index is 1260. The number of benzene rings is 2. The van der Waals surface area contributed by atoms with Gasteiger partial charge in [0.25, 0.3) is 5.91 Å². The number of nitrogens with zero attached hydrogens (tertiary/aromatic N) is 3. The summed E-state index contributed by atoms with van der Waals surface area (Å²) in [5.74, 6) is 0.363. The number of amides is 1. The van der Waals surface area contributed by atoms with E-state index >= 15 is 0 Å². The largest absolute Gasteiger partial charge is 0.407 e. The number of nitrogens with one attached hydrogen (secondary N) is 1. The monoisotopic (exact) mass is 498 g/mol. The standard InChI is InChI=1S/C25H30N4O5S/c1-16(2)20-7-5-19(6-8-20)13-23-27-28-25(34-23)26-24(30)21-9-11-22(12-10-21)35(31,32)29-14-17(3)33-18(4)15-29/h5-12,16-18H,13-15H2,1-4H3,(H,26,28,30). The molecule has 0 aliphatic carbocycles. The van der Waals surface area contributed by atoms with E-state index in [4.69, 9.17) is 9.15 Å². The van der Waals surface area contributed by atoms with Crippen LogP contribution in [0.1, 0.15) is 61.0 Å². The molecule has 0 saturated carbocycles. The van der Waals surface area contributed by atoms with Gasteiger partial charge in [0.2, 0.25) is 15.9 Å². The maximum absolute atomic E-state index is 13.0. The second kappa shape index (κ2) is 10.3. The molecule has 2 heterocycles. The van der Waals surface area contributed by atoms with Gasteiger partial charge in [-0.3, -0.25) is 10.1 Å². The SMILES string of the molecule is CC1CN(S(=O)(=O)c2ccc(C(=O)Nc3nnc(Cc4ccc(C(C)C)cc4)o3)cc2)CC(C)O1. The number of carbonyl (C=O) groups excluding carboxylic acids is 1. The molecule has 4 rings (SSSR count). The van der Waals surface area contributed by atoms with Gasteiger partial charge in [0, 0.05) is 18.7 Å². The van der Waals surface area contributed by atoms with Crippen molar-refractivity contribution >= 4 is 21.9 Å². The fraction of sp³-hybridized carbons (Fsp3) is 0.400. The third kappa shape index (κ3) is 5.95. The topological polar surface area (TPSA) is 115 Å². The molecule has 1 fully saturated rings. The molecule has 0 spiro atoms. The summed E-state index contributed by atoms with van der Waals surface area (Å²) in [7, 11) is -3.68. The van der Waals surface area contributed by atoms with E-state index in [-0.39, 0.29) is 41.8 Å². The molecule has 2 atom stereocenters. The Morgan fingerprint density at radius 2 is 1.66 bits per heavy atom. The van der Waals surface area contributed by atoms with Gasteiger partial charge in [0.05, 0.1) is 23.5 Å². The number of carbonyl (C=O) groups is 1. The Balaban J connectivity index is 1.38. The van der Waals surface area contributed by atoms with Crippen molar-refractivity contribution in [2.75, 3.05) is 18.4 Å². The summed E-state index contributed by atoms with van der Waals surface area (Å²) in [6.07, 6.45) is 0.0848. The first-order chi connectivity index (χ1) is 16.6. The zero-order valence-corrected chi connectivity index (χ0v) is 21.1. The molecule has 35 heavy (non-hydrogen) atoms. The van der Waals surface area contributed by atoms with Crippen molar-refractivity contribution in [3.63, 3.8) is 0 Å². The molecule has 1 aromatic heterocycles. The second-order valence-corrected chi connectivity index (χ2v) is 11.1. The molecule has 2 aromatic carbocycles. The maximum Gasteiger partial charge on any atom is 0.322 e. The van der Waals surface area contributed by atoms with Gasteiger partial charge < -0.3 is 9.15 Å². The van der Waals surface area contributed by atoms with E-state index < -0.39 is 15.9 Å². The molecule has 1 saturated heterocycles. The van der Waals surface area contributed by atoms with Crippen LogP contribution >= 0.6 is 0 Å². The first-order valence-corrected chi connectivity index (χ1v) is 13.0. The molecule has 2 unspecified atom stereocenters. The van der Waals surface area contributed by atoms with E-state index in [0.717, 1.165) is 5.56 Å². The lowest BCUT2D eigenvalue weighted by Crippen LogP contribution is -2.48. The van der Waals surface area contributed by atoms with Crippen molar-refractivity contribution in [3.05, 3.63) is 71.1 Å². The number of ether oxygens (including phenoxy) is 1. The number of morpholine rings is 1. The number of rotatable bonds is 7. The highest BCUT2D eigenvalue weighted by molar-refractivity contribution is 7.89. The molecule has 1 aliphatic rings. The Morgan fingerprint density at radius 3 is 2.26 bits per heavy atom. The summed E-state index contributed by atoms with van der Waals surface area (Å²) < 4.78 is 38.6. The van der Waals surface area contributed by atoms with Crippen molar-refractivity contribution in [1.82, 2.24) is 14.5 Å². The van der Waals surface area contributed by atoms with Gasteiger partial charge in [-0.05, 0) is 55.2 Å². The number of hydrogen-bond acceptors (Lipinski definition) is 7. The van der Waals surface area contributed by atoms with E-state index in [9.17, 15) is 13.2 Å². The lowest BCUT2D eigenvalue weighted by molar-refractivity contribution is -0.0440. The average molecular weight is 499 g/mol. The summed E-state index contributed by atoms with van der Waals surface area (Å²) in [4.78, 5) is 12.7. The van der Waals surface area contributed by atoms with Crippen molar-refractivity contribution in [2.45, 2.75) is 57.1 Å². The fourth-order valence-electron chi connectivity index (χ4n) is 3.99. The summed E-state index contributed by atoms with van der Waals surface area (Å²) in [5, 5.41) is 10.5. The quantitative estimate of drug-likeness (QED) is 0.526.